The molecule has 0 saturated carbocycles. The van der Waals surface area contributed by atoms with Crippen LogP contribution in [0.1, 0.15) is 31.2 Å². The smallest absolute Gasteiger partial charge is 0.259 e. The summed E-state index contributed by atoms with van der Waals surface area (Å²) in [5, 5.41) is 0. The zero-order valence-electron chi connectivity index (χ0n) is 15.1. The molecule has 1 aromatic rings. The zero-order chi connectivity index (χ0) is 17.4. The number of benzene rings is 1. The normalized spacial score (nSPS) is 15.1. The van der Waals surface area contributed by atoms with Crippen LogP contribution in [0.5, 0.6) is 5.75 Å². The van der Waals surface area contributed by atoms with E-state index >= 15 is 0 Å². The van der Waals surface area contributed by atoms with Crippen molar-refractivity contribution in [2.45, 2.75) is 32.2 Å². The Morgan fingerprint density at radius 3 is 2.56 bits per heavy atom. The van der Waals surface area contributed by atoms with Crippen LogP contribution in [0.15, 0.2) is 29.3 Å². The molecule has 0 bridgehead atoms. The van der Waals surface area contributed by atoms with Gasteiger partial charge in [0.15, 0.2) is 12.6 Å². The first kappa shape index (κ1) is 21.5. The second-order valence-corrected chi connectivity index (χ2v) is 6.30. The molecule has 0 atom stereocenters. The molecule has 1 heterocycles. The van der Waals surface area contributed by atoms with Gasteiger partial charge in [0.25, 0.3) is 5.91 Å². The number of guanidine groups is 1. The molecule has 1 aliphatic rings. The lowest BCUT2D eigenvalue weighted by molar-refractivity contribution is -0.130. The molecule has 1 fully saturated rings. The number of likely N-dealkylation sites (N-methyl/N-ethyl adjacent to an activating group) is 1. The summed E-state index contributed by atoms with van der Waals surface area (Å²) in [5.74, 6) is 1.22. The molecule has 7 heteroatoms. The number of carbonyl (C=O) groups excluding carboxylic acids is 1. The Bertz CT molecular complexity index is 570. The Morgan fingerprint density at radius 1 is 1.24 bits per heavy atom. The van der Waals surface area contributed by atoms with Crippen molar-refractivity contribution in [3.63, 3.8) is 0 Å². The molecule has 0 aliphatic carbocycles. The van der Waals surface area contributed by atoms with Gasteiger partial charge in [0, 0.05) is 27.2 Å². The fourth-order valence-electron chi connectivity index (χ4n) is 2.58. The molecule has 6 nitrogen and oxygen atoms in total. The lowest BCUT2D eigenvalue weighted by Gasteiger charge is -2.21. The van der Waals surface area contributed by atoms with Crippen LogP contribution >= 0.6 is 24.0 Å². The van der Waals surface area contributed by atoms with Crippen LogP contribution in [0.25, 0.3) is 0 Å². The van der Waals surface area contributed by atoms with E-state index in [1.807, 2.05) is 24.3 Å². The Kier molecular flexibility index (Phi) is 9.62. The highest BCUT2D eigenvalue weighted by Crippen LogP contribution is 2.15. The largest absolute Gasteiger partial charge is 0.484 e. The van der Waals surface area contributed by atoms with Gasteiger partial charge in [-0.2, -0.15) is 0 Å². The maximum Gasteiger partial charge on any atom is 0.259 e. The van der Waals surface area contributed by atoms with Crippen molar-refractivity contribution in [2.24, 2.45) is 10.7 Å². The maximum atomic E-state index is 11.6. The van der Waals surface area contributed by atoms with Crippen molar-refractivity contribution in [3.8, 4) is 5.75 Å². The van der Waals surface area contributed by atoms with Crippen molar-refractivity contribution < 1.29 is 9.53 Å². The van der Waals surface area contributed by atoms with Gasteiger partial charge in [0.1, 0.15) is 5.75 Å². The van der Waals surface area contributed by atoms with Gasteiger partial charge in [-0.25, -0.2) is 4.99 Å². The molecule has 1 aliphatic heterocycles. The van der Waals surface area contributed by atoms with Crippen LogP contribution in [0.2, 0.25) is 0 Å². The summed E-state index contributed by atoms with van der Waals surface area (Å²) in [5.41, 5.74) is 7.15. The molecular formula is C18H29IN4O2. The number of nitrogens with zero attached hydrogens (tertiary/aromatic N) is 3. The molecule has 2 rings (SSSR count). The summed E-state index contributed by atoms with van der Waals surface area (Å²) in [4.78, 5) is 19.8. The second-order valence-electron chi connectivity index (χ2n) is 6.30. The number of nitrogens with two attached hydrogens (primary N) is 1. The number of rotatable bonds is 5. The monoisotopic (exact) mass is 460 g/mol. The van der Waals surface area contributed by atoms with Crippen LogP contribution in [-0.4, -0.2) is 55.5 Å². The number of hydrogen-bond donors (Lipinski definition) is 1. The van der Waals surface area contributed by atoms with E-state index in [1.165, 1.54) is 30.6 Å². The molecule has 1 saturated heterocycles. The predicted octanol–water partition coefficient (Wildman–Crippen LogP) is 2.46. The van der Waals surface area contributed by atoms with Crippen molar-refractivity contribution in [1.82, 2.24) is 9.80 Å². The molecular weight excluding hydrogens is 431 g/mol. The number of aliphatic imine (C=N–C) groups is 1. The number of halogens is 1. The van der Waals surface area contributed by atoms with Gasteiger partial charge < -0.3 is 20.3 Å². The third-order valence-electron chi connectivity index (χ3n) is 4.11. The fourth-order valence-corrected chi connectivity index (χ4v) is 2.58. The van der Waals surface area contributed by atoms with Gasteiger partial charge in [-0.05, 0) is 30.5 Å². The summed E-state index contributed by atoms with van der Waals surface area (Å²) in [6, 6.07) is 7.64. The zero-order valence-corrected chi connectivity index (χ0v) is 17.4. The summed E-state index contributed by atoms with van der Waals surface area (Å²) in [7, 11) is 3.42. The minimum Gasteiger partial charge on any atom is -0.484 e. The van der Waals surface area contributed by atoms with Crippen molar-refractivity contribution >= 4 is 35.8 Å². The first-order valence-electron chi connectivity index (χ1n) is 8.53. The lowest BCUT2D eigenvalue weighted by Crippen LogP contribution is -2.38. The Labute approximate surface area is 167 Å². The van der Waals surface area contributed by atoms with Gasteiger partial charge in [0.05, 0.1) is 6.54 Å². The van der Waals surface area contributed by atoms with Gasteiger partial charge >= 0.3 is 0 Å². The molecule has 2 N–H and O–H groups in total. The third-order valence-corrected chi connectivity index (χ3v) is 4.11. The van der Waals surface area contributed by atoms with Crippen LogP contribution in [-0.2, 0) is 11.3 Å². The van der Waals surface area contributed by atoms with E-state index in [9.17, 15) is 4.79 Å². The van der Waals surface area contributed by atoms with Crippen LogP contribution < -0.4 is 10.5 Å². The number of ether oxygens (including phenoxy) is 1. The minimum absolute atomic E-state index is 0. The molecule has 140 valence electrons. The second kappa shape index (κ2) is 11.2. The average Bonchev–Trinajstić information content (AvgIpc) is 2.87. The summed E-state index contributed by atoms with van der Waals surface area (Å²) >= 11 is 0. The Morgan fingerprint density at radius 2 is 1.92 bits per heavy atom. The number of carbonyl (C=O) groups is 1. The first-order valence-corrected chi connectivity index (χ1v) is 8.53. The van der Waals surface area contributed by atoms with E-state index in [0.717, 1.165) is 18.7 Å². The Hall–Kier alpha value is -1.51. The minimum atomic E-state index is -0.0659. The lowest BCUT2D eigenvalue weighted by atomic mass is 10.2. The first-order chi connectivity index (χ1) is 11.6. The third kappa shape index (κ3) is 7.50. The Balaban J connectivity index is 0.00000312. The highest BCUT2D eigenvalue weighted by atomic mass is 127. The molecule has 1 aromatic carbocycles. The highest BCUT2D eigenvalue weighted by molar-refractivity contribution is 14.0. The number of amides is 1. The highest BCUT2D eigenvalue weighted by Gasteiger charge is 2.10. The molecule has 25 heavy (non-hydrogen) atoms. The fraction of sp³-hybridized carbons (Fsp3) is 0.556. The van der Waals surface area contributed by atoms with Crippen LogP contribution in [0.4, 0.5) is 0 Å². The van der Waals surface area contributed by atoms with E-state index in [1.54, 1.807) is 14.1 Å². The molecule has 0 unspecified atom stereocenters. The average molecular weight is 460 g/mol. The standard InChI is InChI=1S/C18H28N4O2.HI/c1-21(2)17(23)14-24-16-9-7-8-15(12-16)13-20-18(19)22-10-5-3-4-6-11-22;/h7-9,12H,3-6,10-11,13-14H2,1-2H3,(H2,19,20);1H. The maximum absolute atomic E-state index is 11.6. The van der Waals surface area contributed by atoms with Crippen molar-refractivity contribution in [3.05, 3.63) is 29.8 Å². The van der Waals surface area contributed by atoms with E-state index in [2.05, 4.69) is 9.89 Å². The summed E-state index contributed by atoms with van der Waals surface area (Å²) in [6.45, 7) is 2.53. The SMILES string of the molecule is CN(C)C(=O)COc1cccc(CN=C(N)N2CCCCCC2)c1.I. The van der Waals surface area contributed by atoms with E-state index in [0.29, 0.717) is 18.3 Å². The summed E-state index contributed by atoms with van der Waals surface area (Å²) < 4.78 is 5.53. The van der Waals surface area contributed by atoms with Crippen LogP contribution in [0.3, 0.4) is 0 Å². The topological polar surface area (TPSA) is 71.2 Å². The molecule has 0 spiro atoms. The van der Waals surface area contributed by atoms with Gasteiger partial charge in [0.2, 0.25) is 0 Å². The molecule has 0 aromatic heterocycles. The number of hydrogen-bond acceptors (Lipinski definition) is 3. The molecule has 1 amide bonds. The molecule has 0 radical (unpaired) electrons. The predicted molar refractivity (Wildman–Crippen MR) is 111 cm³/mol. The van der Waals surface area contributed by atoms with Gasteiger partial charge in [-0.15, -0.1) is 24.0 Å². The van der Waals surface area contributed by atoms with Crippen LogP contribution in [0, 0.1) is 0 Å². The van der Waals surface area contributed by atoms with Gasteiger partial charge in [-0.1, -0.05) is 25.0 Å². The van der Waals surface area contributed by atoms with E-state index < -0.39 is 0 Å². The van der Waals surface area contributed by atoms with Crippen molar-refractivity contribution in [2.75, 3.05) is 33.8 Å². The quantitative estimate of drug-likeness (QED) is 0.417. The van der Waals surface area contributed by atoms with Crippen molar-refractivity contribution in [1.29, 1.82) is 0 Å². The van der Waals surface area contributed by atoms with Gasteiger partial charge in [-0.3, -0.25) is 4.79 Å². The number of likely N-dealkylation sites (tertiary alicyclic amines) is 1. The van der Waals surface area contributed by atoms with E-state index in [4.69, 9.17) is 10.5 Å². The summed E-state index contributed by atoms with van der Waals surface area (Å²) in [6.07, 6.45) is 4.91. The van der Waals surface area contributed by atoms with E-state index in [-0.39, 0.29) is 36.5 Å².